The van der Waals surface area contributed by atoms with Crippen LogP contribution in [0.25, 0.3) is 0 Å². The van der Waals surface area contributed by atoms with Gasteiger partial charge in [0.25, 0.3) is 0 Å². The van der Waals surface area contributed by atoms with E-state index in [1.54, 1.807) is 0 Å². The highest BCUT2D eigenvalue weighted by atomic mass is 35.5. The first kappa shape index (κ1) is 19.2. The lowest BCUT2D eigenvalue weighted by Gasteiger charge is -2.33. The number of quaternary nitrogens is 1. The van der Waals surface area contributed by atoms with E-state index in [2.05, 4.69) is 50.9 Å². The Morgan fingerprint density at radius 3 is 2.50 bits per heavy atom. The fourth-order valence-electron chi connectivity index (χ4n) is 2.24. The van der Waals surface area contributed by atoms with Gasteiger partial charge in [0.15, 0.2) is 6.73 Å². The molecule has 1 aromatic carbocycles. The molecular formula is C17H28ClNO. The summed E-state index contributed by atoms with van der Waals surface area (Å²) in [7, 11) is 2.23. The summed E-state index contributed by atoms with van der Waals surface area (Å²) in [6.07, 6.45) is 5.64. The van der Waals surface area contributed by atoms with E-state index in [1.165, 1.54) is 18.4 Å². The molecule has 0 spiro atoms. The molecule has 0 radical (unpaired) electrons. The molecule has 1 unspecified atom stereocenters. The number of nitrogens with zero attached hydrogens (tertiary/aromatic N) is 1. The maximum atomic E-state index is 5.85. The van der Waals surface area contributed by atoms with Crippen LogP contribution in [0.3, 0.4) is 0 Å². The minimum atomic E-state index is 0. The van der Waals surface area contributed by atoms with Gasteiger partial charge in [0.05, 0.1) is 20.2 Å². The Hall–Kier alpha value is -0.830. The number of rotatable bonds is 10. The molecule has 0 aliphatic rings. The summed E-state index contributed by atoms with van der Waals surface area (Å²) in [5.41, 5.74) is 1.35. The summed E-state index contributed by atoms with van der Waals surface area (Å²) >= 11 is 0. The molecule has 0 aromatic heterocycles. The SMILES string of the molecule is C=CC[N+](C)(COCCCCC)Cc1ccccc1.[Cl-]. The van der Waals surface area contributed by atoms with Crippen LogP contribution in [0.4, 0.5) is 0 Å². The van der Waals surface area contributed by atoms with Crippen molar-refractivity contribution < 1.29 is 21.6 Å². The fourth-order valence-corrected chi connectivity index (χ4v) is 2.24. The van der Waals surface area contributed by atoms with Gasteiger partial charge in [-0.1, -0.05) is 56.7 Å². The van der Waals surface area contributed by atoms with Crippen LogP contribution < -0.4 is 12.4 Å². The molecule has 0 heterocycles. The number of benzene rings is 1. The maximum Gasteiger partial charge on any atom is 0.183 e. The molecule has 0 aliphatic heterocycles. The monoisotopic (exact) mass is 297 g/mol. The van der Waals surface area contributed by atoms with Crippen LogP contribution >= 0.6 is 0 Å². The van der Waals surface area contributed by atoms with Crippen molar-refractivity contribution in [2.45, 2.75) is 32.7 Å². The Labute approximate surface area is 130 Å². The third kappa shape index (κ3) is 7.68. The molecule has 0 N–H and O–H groups in total. The fraction of sp³-hybridized carbons (Fsp3) is 0.529. The smallest absolute Gasteiger partial charge is 0.183 e. The molecule has 0 aliphatic carbocycles. The van der Waals surface area contributed by atoms with Gasteiger partial charge in [0, 0.05) is 5.56 Å². The predicted octanol–water partition coefficient (Wildman–Crippen LogP) is 0.988. The second kappa shape index (κ2) is 10.9. The lowest BCUT2D eigenvalue weighted by atomic mass is 10.2. The van der Waals surface area contributed by atoms with Gasteiger partial charge in [-0.2, -0.15) is 0 Å². The molecule has 0 fully saturated rings. The number of unbranched alkanes of at least 4 members (excludes halogenated alkanes) is 2. The first-order valence-electron chi connectivity index (χ1n) is 7.26. The highest BCUT2D eigenvalue weighted by molar-refractivity contribution is 5.13. The van der Waals surface area contributed by atoms with Crippen molar-refractivity contribution in [2.75, 3.05) is 26.9 Å². The Kier molecular flexibility index (Phi) is 10.4. The Morgan fingerprint density at radius 2 is 1.90 bits per heavy atom. The summed E-state index contributed by atoms with van der Waals surface area (Å²) in [5.74, 6) is 0. The second-order valence-corrected chi connectivity index (χ2v) is 5.48. The van der Waals surface area contributed by atoms with E-state index < -0.39 is 0 Å². The van der Waals surface area contributed by atoms with Gasteiger partial charge in [-0.3, -0.25) is 4.48 Å². The molecule has 3 heteroatoms. The average molecular weight is 298 g/mol. The molecule has 20 heavy (non-hydrogen) atoms. The van der Waals surface area contributed by atoms with E-state index in [1.807, 2.05) is 6.08 Å². The first-order valence-corrected chi connectivity index (χ1v) is 7.26. The number of hydrogen-bond donors (Lipinski definition) is 0. The third-order valence-electron chi connectivity index (χ3n) is 3.27. The Morgan fingerprint density at radius 1 is 1.20 bits per heavy atom. The minimum Gasteiger partial charge on any atom is -1.00 e. The van der Waals surface area contributed by atoms with E-state index >= 15 is 0 Å². The van der Waals surface area contributed by atoms with Crippen LogP contribution in [-0.4, -0.2) is 31.4 Å². The van der Waals surface area contributed by atoms with E-state index in [9.17, 15) is 0 Å². The minimum absolute atomic E-state index is 0. The molecule has 2 nitrogen and oxygen atoms in total. The Bertz CT molecular complexity index is 355. The highest BCUT2D eigenvalue weighted by Gasteiger charge is 2.20. The van der Waals surface area contributed by atoms with Gasteiger partial charge in [-0.25, -0.2) is 0 Å². The molecule has 1 rings (SSSR count). The van der Waals surface area contributed by atoms with Crippen molar-refractivity contribution in [1.29, 1.82) is 0 Å². The standard InChI is InChI=1S/C17H28NO.ClH/c1-4-6-10-14-19-16-18(3,13-5-2)15-17-11-8-7-9-12-17;/h5,7-9,11-12H,2,4,6,10,13-16H2,1,3H3;1H/q+1;/p-1. The van der Waals surface area contributed by atoms with Crippen molar-refractivity contribution in [3.05, 3.63) is 48.6 Å². The lowest BCUT2D eigenvalue weighted by Crippen LogP contribution is -3.00. The van der Waals surface area contributed by atoms with Gasteiger partial charge in [-0.15, -0.1) is 0 Å². The number of ether oxygens (including phenoxy) is 1. The maximum absolute atomic E-state index is 5.85. The average Bonchev–Trinajstić information content (AvgIpc) is 2.40. The number of likely N-dealkylation sites (N-methyl/N-ethyl adjacent to an activating group) is 1. The molecule has 1 aromatic rings. The quantitative estimate of drug-likeness (QED) is 0.271. The van der Waals surface area contributed by atoms with Crippen LogP contribution in [0.2, 0.25) is 0 Å². The molecule has 0 saturated carbocycles. The number of halogens is 1. The van der Waals surface area contributed by atoms with Crippen LogP contribution in [0, 0.1) is 0 Å². The van der Waals surface area contributed by atoms with Crippen molar-refractivity contribution in [3.8, 4) is 0 Å². The van der Waals surface area contributed by atoms with E-state index in [0.717, 1.165) is 37.3 Å². The normalized spacial score (nSPS) is 13.3. The molecule has 0 saturated heterocycles. The summed E-state index contributed by atoms with van der Waals surface area (Å²) in [5, 5.41) is 0. The zero-order chi connectivity index (χ0) is 14.0. The zero-order valence-electron chi connectivity index (χ0n) is 12.9. The van der Waals surface area contributed by atoms with Gasteiger partial charge >= 0.3 is 0 Å². The van der Waals surface area contributed by atoms with Gasteiger partial charge < -0.3 is 17.1 Å². The van der Waals surface area contributed by atoms with Crippen molar-refractivity contribution in [3.63, 3.8) is 0 Å². The summed E-state index contributed by atoms with van der Waals surface area (Å²) in [4.78, 5) is 0. The van der Waals surface area contributed by atoms with Crippen LogP contribution in [0.5, 0.6) is 0 Å². The largest absolute Gasteiger partial charge is 1.00 e. The van der Waals surface area contributed by atoms with Crippen LogP contribution in [-0.2, 0) is 11.3 Å². The molecule has 0 bridgehead atoms. The van der Waals surface area contributed by atoms with E-state index in [4.69, 9.17) is 4.74 Å². The highest BCUT2D eigenvalue weighted by Crippen LogP contribution is 2.12. The van der Waals surface area contributed by atoms with Crippen LogP contribution in [0.1, 0.15) is 31.7 Å². The number of hydrogen-bond acceptors (Lipinski definition) is 1. The van der Waals surface area contributed by atoms with Crippen molar-refractivity contribution >= 4 is 0 Å². The lowest BCUT2D eigenvalue weighted by molar-refractivity contribution is -0.935. The second-order valence-electron chi connectivity index (χ2n) is 5.48. The summed E-state index contributed by atoms with van der Waals surface area (Å²) < 4.78 is 6.71. The van der Waals surface area contributed by atoms with E-state index in [-0.39, 0.29) is 12.4 Å². The van der Waals surface area contributed by atoms with E-state index in [0.29, 0.717) is 0 Å². The topological polar surface area (TPSA) is 9.23 Å². The molecule has 114 valence electrons. The van der Waals surface area contributed by atoms with Gasteiger partial charge in [0.1, 0.15) is 6.54 Å². The zero-order valence-corrected chi connectivity index (χ0v) is 13.6. The van der Waals surface area contributed by atoms with Crippen molar-refractivity contribution in [2.24, 2.45) is 0 Å². The summed E-state index contributed by atoms with van der Waals surface area (Å²) in [6.45, 7) is 9.63. The third-order valence-corrected chi connectivity index (χ3v) is 3.27. The molecule has 1 atom stereocenters. The first-order chi connectivity index (χ1) is 9.20. The van der Waals surface area contributed by atoms with Crippen LogP contribution in [0.15, 0.2) is 43.0 Å². The predicted molar refractivity (Wildman–Crippen MR) is 81.7 cm³/mol. The molecular weight excluding hydrogens is 270 g/mol. The van der Waals surface area contributed by atoms with Crippen molar-refractivity contribution in [1.82, 2.24) is 0 Å². The van der Waals surface area contributed by atoms with Gasteiger partial charge in [-0.05, 0) is 12.5 Å². The van der Waals surface area contributed by atoms with Gasteiger partial charge in [0.2, 0.25) is 0 Å². The summed E-state index contributed by atoms with van der Waals surface area (Å²) in [6, 6.07) is 10.6. The Balaban J connectivity index is 0.00000361. The molecule has 0 amide bonds.